The third-order valence-corrected chi connectivity index (χ3v) is 10.6. The number of pyridine rings is 2. The second-order valence-electron chi connectivity index (χ2n) is 13.3. The SMILES string of the molecule is c1ccc(-c2ccnc(-c3cc(C4(c5cccc(-c6nccc7ccccc67)c5)c5ccccc5-c5ccccc54)cc4ccccc34)c2)cc1. The Hall–Kier alpha value is -6.64. The predicted molar refractivity (Wildman–Crippen MR) is 211 cm³/mol. The topological polar surface area (TPSA) is 25.8 Å². The van der Waals surface area contributed by atoms with E-state index < -0.39 is 5.41 Å². The molecule has 2 aromatic heterocycles. The maximum atomic E-state index is 5.01. The van der Waals surface area contributed by atoms with E-state index in [1.54, 1.807) is 0 Å². The number of rotatable bonds is 5. The van der Waals surface area contributed by atoms with E-state index in [1.807, 2.05) is 12.4 Å². The molecule has 51 heavy (non-hydrogen) atoms. The molecule has 0 atom stereocenters. The Labute approximate surface area is 297 Å². The van der Waals surface area contributed by atoms with Gasteiger partial charge in [0, 0.05) is 28.9 Å². The summed E-state index contributed by atoms with van der Waals surface area (Å²) in [6, 6.07) is 66.0. The maximum Gasteiger partial charge on any atom is 0.0780 e. The molecule has 0 amide bonds. The van der Waals surface area contributed by atoms with Gasteiger partial charge in [0.1, 0.15) is 0 Å². The molecule has 2 heterocycles. The minimum atomic E-state index is -0.594. The molecule has 0 bridgehead atoms. The van der Waals surface area contributed by atoms with Crippen LogP contribution in [0.2, 0.25) is 0 Å². The van der Waals surface area contributed by atoms with Crippen LogP contribution in [0.5, 0.6) is 0 Å². The van der Waals surface area contributed by atoms with Crippen LogP contribution in [0.15, 0.2) is 194 Å². The fraction of sp³-hybridized carbons (Fsp3) is 0.0204. The summed E-state index contributed by atoms with van der Waals surface area (Å²) in [5.74, 6) is 0. The molecule has 1 aliphatic carbocycles. The summed E-state index contributed by atoms with van der Waals surface area (Å²) >= 11 is 0. The summed E-state index contributed by atoms with van der Waals surface area (Å²) in [4.78, 5) is 9.96. The number of aromatic nitrogens is 2. The molecule has 0 saturated carbocycles. The second-order valence-corrected chi connectivity index (χ2v) is 13.3. The van der Waals surface area contributed by atoms with Crippen molar-refractivity contribution in [2.24, 2.45) is 0 Å². The van der Waals surface area contributed by atoms with Crippen LogP contribution in [-0.2, 0) is 5.41 Å². The molecule has 10 rings (SSSR count). The van der Waals surface area contributed by atoms with Gasteiger partial charge in [0.25, 0.3) is 0 Å². The molecule has 2 nitrogen and oxygen atoms in total. The van der Waals surface area contributed by atoms with Gasteiger partial charge in [0.05, 0.1) is 16.8 Å². The molecule has 0 fully saturated rings. The molecule has 0 saturated heterocycles. The van der Waals surface area contributed by atoms with E-state index >= 15 is 0 Å². The zero-order valence-electron chi connectivity index (χ0n) is 27.9. The van der Waals surface area contributed by atoms with E-state index in [0.717, 1.165) is 33.5 Å². The Morgan fingerprint density at radius 3 is 1.80 bits per heavy atom. The first kappa shape index (κ1) is 29.3. The summed E-state index contributed by atoms with van der Waals surface area (Å²) in [6.07, 6.45) is 3.86. The van der Waals surface area contributed by atoms with Gasteiger partial charge < -0.3 is 0 Å². The van der Waals surface area contributed by atoms with Gasteiger partial charge in [-0.1, -0.05) is 146 Å². The van der Waals surface area contributed by atoms with Crippen molar-refractivity contribution < 1.29 is 0 Å². The first-order valence-corrected chi connectivity index (χ1v) is 17.5. The second kappa shape index (κ2) is 11.8. The predicted octanol–water partition coefficient (Wildman–Crippen LogP) is 12.1. The number of hydrogen-bond donors (Lipinski definition) is 0. The molecule has 0 radical (unpaired) electrons. The highest BCUT2D eigenvalue weighted by Crippen LogP contribution is 2.57. The lowest BCUT2D eigenvalue weighted by Crippen LogP contribution is -2.28. The van der Waals surface area contributed by atoms with Crippen molar-refractivity contribution in [2.75, 3.05) is 0 Å². The van der Waals surface area contributed by atoms with Crippen LogP contribution < -0.4 is 0 Å². The molecule has 0 N–H and O–H groups in total. The largest absolute Gasteiger partial charge is 0.256 e. The fourth-order valence-corrected chi connectivity index (χ4v) is 8.40. The van der Waals surface area contributed by atoms with Gasteiger partial charge >= 0.3 is 0 Å². The summed E-state index contributed by atoms with van der Waals surface area (Å²) in [5, 5.41) is 4.70. The van der Waals surface area contributed by atoms with E-state index in [4.69, 9.17) is 9.97 Å². The van der Waals surface area contributed by atoms with Crippen LogP contribution in [0.4, 0.5) is 0 Å². The summed E-state index contributed by atoms with van der Waals surface area (Å²) in [6.45, 7) is 0. The van der Waals surface area contributed by atoms with E-state index in [0.29, 0.717) is 0 Å². The van der Waals surface area contributed by atoms with Gasteiger partial charge in [-0.2, -0.15) is 0 Å². The number of hydrogen-bond acceptors (Lipinski definition) is 2. The molecule has 0 unspecified atom stereocenters. The summed E-state index contributed by atoms with van der Waals surface area (Å²) in [5.41, 5.74) is 13.4. The van der Waals surface area contributed by atoms with Gasteiger partial charge in [-0.05, 0) is 97.1 Å². The van der Waals surface area contributed by atoms with Crippen LogP contribution in [0, 0.1) is 0 Å². The van der Waals surface area contributed by atoms with Crippen LogP contribution in [0.1, 0.15) is 22.3 Å². The molecule has 9 aromatic rings. The minimum absolute atomic E-state index is 0.594. The Bertz CT molecular complexity index is 2710. The van der Waals surface area contributed by atoms with Crippen molar-refractivity contribution in [3.8, 4) is 44.8 Å². The molecule has 2 heteroatoms. The fourth-order valence-electron chi connectivity index (χ4n) is 8.40. The lowest BCUT2D eigenvalue weighted by atomic mass is 9.66. The van der Waals surface area contributed by atoms with Crippen molar-refractivity contribution in [3.05, 3.63) is 217 Å². The Kier molecular flexibility index (Phi) is 6.75. The van der Waals surface area contributed by atoms with Gasteiger partial charge in [-0.15, -0.1) is 0 Å². The maximum absolute atomic E-state index is 5.01. The average Bonchev–Trinajstić information content (AvgIpc) is 3.52. The molecular formula is C49H32N2. The van der Waals surface area contributed by atoms with Crippen molar-refractivity contribution in [1.29, 1.82) is 0 Å². The first-order valence-electron chi connectivity index (χ1n) is 17.5. The van der Waals surface area contributed by atoms with E-state index in [-0.39, 0.29) is 0 Å². The summed E-state index contributed by atoms with van der Waals surface area (Å²) < 4.78 is 0. The Balaban J connectivity index is 1.29. The van der Waals surface area contributed by atoms with Crippen molar-refractivity contribution in [1.82, 2.24) is 9.97 Å². The molecule has 1 aliphatic rings. The average molecular weight is 649 g/mol. The third-order valence-electron chi connectivity index (χ3n) is 10.6. The van der Waals surface area contributed by atoms with Crippen LogP contribution in [-0.4, -0.2) is 9.97 Å². The van der Waals surface area contributed by atoms with Gasteiger partial charge in [0.2, 0.25) is 0 Å². The minimum Gasteiger partial charge on any atom is -0.256 e. The van der Waals surface area contributed by atoms with E-state index in [2.05, 4.69) is 182 Å². The lowest BCUT2D eigenvalue weighted by molar-refractivity contribution is 0.770. The zero-order valence-corrected chi connectivity index (χ0v) is 27.9. The lowest BCUT2D eigenvalue weighted by Gasteiger charge is -2.35. The van der Waals surface area contributed by atoms with Crippen LogP contribution >= 0.6 is 0 Å². The van der Waals surface area contributed by atoms with Gasteiger partial charge in [0.15, 0.2) is 0 Å². The van der Waals surface area contributed by atoms with Crippen LogP contribution in [0.25, 0.3) is 66.3 Å². The Morgan fingerprint density at radius 1 is 0.353 bits per heavy atom. The summed E-state index contributed by atoms with van der Waals surface area (Å²) in [7, 11) is 0. The molecule has 0 spiro atoms. The van der Waals surface area contributed by atoms with Crippen molar-refractivity contribution >= 4 is 21.5 Å². The quantitative estimate of drug-likeness (QED) is 0.186. The Morgan fingerprint density at radius 2 is 1.00 bits per heavy atom. The van der Waals surface area contributed by atoms with Crippen molar-refractivity contribution in [2.45, 2.75) is 5.41 Å². The number of fused-ring (bicyclic) bond motifs is 5. The van der Waals surface area contributed by atoms with Gasteiger partial charge in [-0.25, -0.2) is 0 Å². The molecular weight excluding hydrogens is 617 g/mol. The highest BCUT2D eigenvalue weighted by molar-refractivity contribution is 5.99. The van der Waals surface area contributed by atoms with Crippen molar-refractivity contribution in [3.63, 3.8) is 0 Å². The van der Waals surface area contributed by atoms with E-state index in [9.17, 15) is 0 Å². The normalized spacial score (nSPS) is 12.9. The van der Waals surface area contributed by atoms with Gasteiger partial charge in [-0.3, -0.25) is 9.97 Å². The number of benzene rings is 7. The third kappa shape index (κ3) is 4.57. The standard InChI is InChI=1S/C49H32N2/c1-2-13-33(14-3-1)35-26-27-50-47(31-35)44-32-39(29-36-16-5-6-19-40(36)44)49(45-23-10-8-21-42(45)43-22-9-11-24-46(43)49)38-18-12-17-37(30-38)48-41-20-7-4-15-34(41)25-28-51-48/h1-32H. The zero-order chi connectivity index (χ0) is 33.8. The molecule has 0 aliphatic heterocycles. The smallest absolute Gasteiger partial charge is 0.0780 e. The van der Waals surface area contributed by atoms with Crippen LogP contribution in [0.3, 0.4) is 0 Å². The highest BCUT2D eigenvalue weighted by atomic mass is 14.7. The molecule has 7 aromatic carbocycles. The highest BCUT2D eigenvalue weighted by Gasteiger charge is 2.46. The first-order chi connectivity index (χ1) is 25.3. The molecule has 238 valence electrons. The number of nitrogens with zero attached hydrogens (tertiary/aromatic N) is 2. The van der Waals surface area contributed by atoms with E-state index in [1.165, 1.54) is 55.1 Å². The monoisotopic (exact) mass is 648 g/mol.